The van der Waals surface area contributed by atoms with E-state index >= 15 is 0 Å². The van der Waals surface area contributed by atoms with Crippen LogP contribution in [0, 0.1) is 0 Å². The maximum Gasteiger partial charge on any atom is 0.356 e. The number of carboxylic acid groups (broad SMARTS) is 1. The van der Waals surface area contributed by atoms with Crippen LogP contribution in [0.1, 0.15) is 48.9 Å². The Morgan fingerprint density at radius 1 is 1.32 bits per heavy atom. The number of pyridine rings is 1. The third kappa shape index (κ3) is 2.54. The fourth-order valence-electron chi connectivity index (χ4n) is 3.22. The molecule has 0 atom stereocenters. The van der Waals surface area contributed by atoms with Crippen molar-refractivity contribution in [1.29, 1.82) is 0 Å². The SMILES string of the molecule is CC(C)N1CCC(c2nc(C(=O)O)c3ccc(O)cn23)CC1. The number of aromatic nitrogens is 2. The van der Waals surface area contributed by atoms with Crippen molar-refractivity contribution in [2.75, 3.05) is 13.1 Å². The van der Waals surface area contributed by atoms with E-state index in [9.17, 15) is 15.0 Å². The van der Waals surface area contributed by atoms with E-state index in [4.69, 9.17) is 0 Å². The van der Waals surface area contributed by atoms with Gasteiger partial charge in [0, 0.05) is 12.0 Å². The largest absolute Gasteiger partial charge is 0.506 e. The second-order valence-corrected chi connectivity index (χ2v) is 6.17. The number of aromatic hydroxyl groups is 1. The summed E-state index contributed by atoms with van der Waals surface area (Å²) < 4.78 is 1.73. The molecule has 0 spiro atoms. The maximum atomic E-state index is 11.4. The summed E-state index contributed by atoms with van der Waals surface area (Å²) in [6, 6.07) is 3.63. The molecule has 22 heavy (non-hydrogen) atoms. The third-order valence-corrected chi connectivity index (χ3v) is 4.48. The van der Waals surface area contributed by atoms with Crippen molar-refractivity contribution in [3.8, 4) is 5.75 Å². The molecule has 1 saturated heterocycles. The first-order chi connectivity index (χ1) is 10.5. The summed E-state index contributed by atoms with van der Waals surface area (Å²) in [5.41, 5.74) is 0.591. The predicted octanol–water partition coefficient (Wildman–Crippen LogP) is 2.33. The summed E-state index contributed by atoms with van der Waals surface area (Å²) >= 11 is 0. The molecule has 6 nitrogen and oxygen atoms in total. The van der Waals surface area contributed by atoms with Crippen molar-refractivity contribution < 1.29 is 15.0 Å². The number of piperidine rings is 1. The molecule has 0 amide bonds. The van der Waals surface area contributed by atoms with Crippen LogP contribution in [0.15, 0.2) is 18.3 Å². The van der Waals surface area contributed by atoms with Crippen molar-refractivity contribution in [3.05, 3.63) is 29.8 Å². The number of carbonyl (C=O) groups is 1. The molecular formula is C16H21N3O3. The highest BCUT2D eigenvalue weighted by molar-refractivity contribution is 5.93. The van der Waals surface area contributed by atoms with Crippen LogP contribution < -0.4 is 0 Å². The molecule has 2 N–H and O–H groups in total. The minimum atomic E-state index is -1.03. The molecule has 0 aromatic carbocycles. The van der Waals surface area contributed by atoms with Gasteiger partial charge in [0.25, 0.3) is 0 Å². The maximum absolute atomic E-state index is 11.4. The number of hydrogen-bond donors (Lipinski definition) is 2. The normalized spacial score (nSPS) is 17.4. The Bertz CT molecular complexity index is 700. The van der Waals surface area contributed by atoms with E-state index in [2.05, 4.69) is 23.7 Å². The molecular weight excluding hydrogens is 282 g/mol. The zero-order chi connectivity index (χ0) is 15.9. The Labute approximate surface area is 129 Å². The Hall–Kier alpha value is -2.08. The van der Waals surface area contributed by atoms with Gasteiger partial charge in [-0.15, -0.1) is 0 Å². The molecule has 1 fully saturated rings. The lowest BCUT2D eigenvalue weighted by atomic mass is 9.95. The van der Waals surface area contributed by atoms with Crippen molar-refractivity contribution >= 4 is 11.5 Å². The summed E-state index contributed by atoms with van der Waals surface area (Å²) in [4.78, 5) is 18.2. The van der Waals surface area contributed by atoms with Gasteiger partial charge in [0.05, 0.1) is 11.7 Å². The quantitative estimate of drug-likeness (QED) is 0.910. The van der Waals surface area contributed by atoms with Gasteiger partial charge in [0.2, 0.25) is 0 Å². The van der Waals surface area contributed by atoms with Crippen molar-refractivity contribution in [2.24, 2.45) is 0 Å². The molecule has 118 valence electrons. The molecule has 6 heteroatoms. The minimum absolute atomic E-state index is 0.0567. The number of carboxylic acids is 1. The average molecular weight is 303 g/mol. The number of hydrogen-bond acceptors (Lipinski definition) is 4. The van der Waals surface area contributed by atoms with Gasteiger partial charge in [0.1, 0.15) is 11.6 Å². The standard InChI is InChI=1S/C16H21N3O3/c1-10(2)18-7-5-11(6-8-18)15-17-14(16(21)22)13-4-3-12(20)9-19(13)15/h3-4,9-11,20H,5-8H2,1-2H3,(H,21,22). The van der Waals surface area contributed by atoms with Crippen molar-refractivity contribution in [3.63, 3.8) is 0 Å². The van der Waals surface area contributed by atoms with Gasteiger partial charge in [-0.05, 0) is 51.9 Å². The Morgan fingerprint density at radius 3 is 2.59 bits per heavy atom. The molecule has 0 saturated carbocycles. The Morgan fingerprint density at radius 2 is 2.00 bits per heavy atom. The predicted molar refractivity (Wildman–Crippen MR) is 82.5 cm³/mol. The number of imidazole rings is 1. The summed E-state index contributed by atoms with van der Waals surface area (Å²) in [5, 5.41) is 19.0. The molecule has 3 rings (SSSR count). The Kier molecular flexibility index (Phi) is 3.78. The van der Waals surface area contributed by atoms with Crippen LogP contribution in [0.3, 0.4) is 0 Å². The number of aromatic carboxylic acids is 1. The number of nitrogens with zero attached hydrogens (tertiary/aromatic N) is 3. The van der Waals surface area contributed by atoms with Gasteiger partial charge in [-0.3, -0.25) is 4.40 Å². The van der Waals surface area contributed by atoms with E-state index < -0.39 is 5.97 Å². The molecule has 0 aliphatic carbocycles. The van der Waals surface area contributed by atoms with Gasteiger partial charge in [0.15, 0.2) is 5.69 Å². The van der Waals surface area contributed by atoms with Crippen LogP contribution >= 0.6 is 0 Å². The minimum Gasteiger partial charge on any atom is -0.506 e. The number of fused-ring (bicyclic) bond motifs is 1. The fraction of sp³-hybridized carbons (Fsp3) is 0.500. The van der Waals surface area contributed by atoms with Gasteiger partial charge in [-0.25, -0.2) is 9.78 Å². The smallest absolute Gasteiger partial charge is 0.356 e. The number of rotatable bonds is 3. The molecule has 0 bridgehead atoms. The topological polar surface area (TPSA) is 78.1 Å². The van der Waals surface area contributed by atoms with E-state index in [0.29, 0.717) is 11.6 Å². The van der Waals surface area contributed by atoms with Crippen LogP contribution in [-0.2, 0) is 0 Å². The zero-order valence-corrected chi connectivity index (χ0v) is 12.9. The van der Waals surface area contributed by atoms with Crippen LogP contribution in [0.4, 0.5) is 0 Å². The third-order valence-electron chi connectivity index (χ3n) is 4.48. The molecule has 3 heterocycles. The van der Waals surface area contributed by atoms with Gasteiger partial charge in [-0.1, -0.05) is 0 Å². The van der Waals surface area contributed by atoms with Crippen molar-refractivity contribution in [1.82, 2.24) is 14.3 Å². The summed E-state index contributed by atoms with van der Waals surface area (Å²) in [7, 11) is 0. The van der Waals surface area contributed by atoms with Crippen LogP contribution in [0.25, 0.3) is 5.52 Å². The lowest BCUT2D eigenvalue weighted by Crippen LogP contribution is -2.38. The molecule has 1 aliphatic rings. The molecule has 0 radical (unpaired) electrons. The van der Waals surface area contributed by atoms with Gasteiger partial charge >= 0.3 is 5.97 Å². The highest BCUT2D eigenvalue weighted by Gasteiger charge is 2.27. The molecule has 2 aromatic rings. The summed E-state index contributed by atoms with van der Waals surface area (Å²) in [6.07, 6.45) is 3.46. The summed E-state index contributed by atoms with van der Waals surface area (Å²) in [5.74, 6) is 0.0425. The van der Waals surface area contributed by atoms with Crippen LogP contribution in [0.2, 0.25) is 0 Å². The highest BCUT2D eigenvalue weighted by Crippen LogP contribution is 2.30. The summed E-state index contributed by atoms with van der Waals surface area (Å²) in [6.45, 7) is 6.34. The van der Waals surface area contributed by atoms with Gasteiger partial charge in [-0.2, -0.15) is 0 Å². The van der Waals surface area contributed by atoms with Gasteiger partial charge < -0.3 is 15.1 Å². The lowest BCUT2D eigenvalue weighted by molar-refractivity contribution is 0.0693. The molecule has 1 aliphatic heterocycles. The fourth-order valence-corrected chi connectivity index (χ4v) is 3.22. The monoisotopic (exact) mass is 303 g/mol. The van der Waals surface area contributed by atoms with E-state index in [1.54, 1.807) is 16.7 Å². The van der Waals surface area contributed by atoms with E-state index in [1.807, 2.05) is 0 Å². The first-order valence-corrected chi connectivity index (χ1v) is 7.65. The first-order valence-electron chi connectivity index (χ1n) is 7.65. The Balaban J connectivity index is 1.97. The zero-order valence-electron chi connectivity index (χ0n) is 12.9. The number of likely N-dealkylation sites (tertiary alicyclic amines) is 1. The van der Waals surface area contributed by atoms with Crippen LogP contribution in [0.5, 0.6) is 5.75 Å². The van der Waals surface area contributed by atoms with E-state index in [-0.39, 0.29) is 17.4 Å². The van der Waals surface area contributed by atoms with Crippen molar-refractivity contribution in [2.45, 2.75) is 38.6 Å². The lowest BCUT2D eigenvalue weighted by Gasteiger charge is -2.34. The highest BCUT2D eigenvalue weighted by atomic mass is 16.4. The first kappa shape index (κ1) is 14.8. The van der Waals surface area contributed by atoms with Crippen LogP contribution in [-0.4, -0.2) is 49.6 Å². The second-order valence-electron chi connectivity index (χ2n) is 6.17. The van der Waals surface area contributed by atoms with E-state index in [1.165, 1.54) is 6.07 Å². The molecule has 0 unspecified atom stereocenters. The second kappa shape index (κ2) is 5.61. The van der Waals surface area contributed by atoms with E-state index in [0.717, 1.165) is 31.8 Å². The molecule has 2 aromatic heterocycles. The average Bonchev–Trinajstić information content (AvgIpc) is 2.86.